The number of imidazole rings is 1. The van der Waals surface area contributed by atoms with Gasteiger partial charge >= 0.3 is 0 Å². The average molecular weight is 404 g/mol. The Labute approximate surface area is 173 Å². The van der Waals surface area contributed by atoms with E-state index in [9.17, 15) is 4.79 Å². The van der Waals surface area contributed by atoms with Crippen molar-refractivity contribution < 1.29 is 9.53 Å². The van der Waals surface area contributed by atoms with Gasteiger partial charge < -0.3 is 14.5 Å². The molecule has 0 radical (unpaired) electrons. The van der Waals surface area contributed by atoms with Crippen LogP contribution in [0.25, 0.3) is 5.65 Å². The van der Waals surface area contributed by atoms with Crippen molar-refractivity contribution in [2.24, 2.45) is 0 Å². The molecule has 5 nitrogen and oxygen atoms in total. The van der Waals surface area contributed by atoms with Gasteiger partial charge in [0, 0.05) is 22.9 Å². The molecule has 0 unspecified atom stereocenters. The third-order valence-corrected chi connectivity index (χ3v) is 5.36. The first-order valence-corrected chi connectivity index (χ1v) is 10.5. The lowest BCUT2D eigenvalue weighted by molar-refractivity contribution is 0.102. The predicted octanol–water partition coefficient (Wildman–Crippen LogP) is 5.20. The van der Waals surface area contributed by atoms with E-state index in [-0.39, 0.29) is 5.91 Å². The van der Waals surface area contributed by atoms with Crippen LogP contribution >= 0.6 is 11.8 Å². The number of nitrogens with one attached hydrogen (secondary N) is 1. The van der Waals surface area contributed by atoms with E-state index in [4.69, 9.17) is 4.74 Å². The largest absolute Gasteiger partial charge is 0.487 e. The third-order valence-electron chi connectivity index (χ3n) is 4.57. The SMILES string of the molecule is CSc1ccccc1NC(=O)c1cccc(OCc2cn3cccc(C)c3n2)c1. The van der Waals surface area contributed by atoms with E-state index < -0.39 is 0 Å². The van der Waals surface area contributed by atoms with Gasteiger partial charge in [-0.1, -0.05) is 24.3 Å². The van der Waals surface area contributed by atoms with Gasteiger partial charge in [-0.3, -0.25) is 4.79 Å². The number of para-hydroxylation sites is 1. The highest BCUT2D eigenvalue weighted by Crippen LogP contribution is 2.25. The van der Waals surface area contributed by atoms with E-state index in [1.807, 2.05) is 78.5 Å². The van der Waals surface area contributed by atoms with Crippen LogP contribution in [-0.2, 0) is 6.61 Å². The minimum atomic E-state index is -0.166. The van der Waals surface area contributed by atoms with E-state index in [0.29, 0.717) is 17.9 Å². The van der Waals surface area contributed by atoms with Gasteiger partial charge in [-0.05, 0) is 55.1 Å². The lowest BCUT2D eigenvalue weighted by Crippen LogP contribution is -2.12. The van der Waals surface area contributed by atoms with Crippen molar-refractivity contribution >= 4 is 29.0 Å². The Kier molecular flexibility index (Phi) is 5.53. The molecule has 0 aliphatic carbocycles. The zero-order chi connectivity index (χ0) is 20.2. The maximum atomic E-state index is 12.7. The lowest BCUT2D eigenvalue weighted by Gasteiger charge is -2.10. The molecule has 0 fully saturated rings. The fraction of sp³-hybridized carbons (Fsp3) is 0.130. The Morgan fingerprint density at radius 1 is 1.14 bits per heavy atom. The number of thioether (sulfide) groups is 1. The van der Waals surface area contributed by atoms with Crippen molar-refractivity contribution in [1.29, 1.82) is 0 Å². The van der Waals surface area contributed by atoms with Gasteiger partial charge in [-0.15, -0.1) is 11.8 Å². The molecule has 0 saturated heterocycles. The second-order valence-corrected chi connectivity index (χ2v) is 7.47. The van der Waals surface area contributed by atoms with Crippen molar-refractivity contribution in [2.45, 2.75) is 18.4 Å². The van der Waals surface area contributed by atoms with Gasteiger partial charge in [-0.2, -0.15) is 0 Å². The topological polar surface area (TPSA) is 55.6 Å². The quantitative estimate of drug-likeness (QED) is 0.450. The first-order chi connectivity index (χ1) is 14.1. The number of carbonyl (C=O) groups excluding carboxylic acids is 1. The highest BCUT2D eigenvalue weighted by molar-refractivity contribution is 7.98. The van der Waals surface area contributed by atoms with Gasteiger partial charge in [-0.25, -0.2) is 4.98 Å². The number of aromatic nitrogens is 2. The molecule has 2 aromatic carbocycles. The Hall–Kier alpha value is -3.25. The van der Waals surface area contributed by atoms with Crippen LogP contribution in [0.1, 0.15) is 21.6 Å². The van der Waals surface area contributed by atoms with Crippen molar-refractivity contribution in [3.63, 3.8) is 0 Å². The summed E-state index contributed by atoms with van der Waals surface area (Å²) in [6, 6.07) is 19.0. The van der Waals surface area contributed by atoms with E-state index >= 15 is 0 Å². The summed E-state index contributed by atoms with van der Waals surface area (Å²) in [5.74, 6) is 0.463. The highest BCUT2D eigenvalue weighted by Gasteiger charge is 2.10. The fourth-order valence-corrected chi connectivity index (χ4v) is 3.65. The minimum absolute atomic E-state index is 0.166. The number of hydrogen-bond donors (Lipinski definition) is 1. The van der Waals surface area contributed by atoms with Crippen molar-refractivity contribution in [3.8, 4) is 5.75 Å². The summed E-state index contributed by atoms with van der Waals surface area (Å²) in [6.07, 6.45) is 5.91. The molecule has 146 valence electrons. The Morgan fingerprint density at radius 2 is 2.00 bits per heavy atom. The first kappa shape index (κ1) is 19.1. The maximum Gasteiger partial charge on any atom is 0.255 e. The Morgan fingerprint density at radius 3 is 2.83 bits per heavy atom. The number of benzene rings is 2. The number of carbonyl (C=O) groups is 1. The zero-order valence-corrected chi connectivity index (χ0v) is 17.1. The molecule has 2 heterocycles. The second kappa shape index (κ2) is 8.41. The lowest BCUT2D eigenvalue weighted by atomic mass is 10.2. The van der Waals surface area contributed by atoms with Crippen LogP contribution in [0.2, 0.25) is 0 Å². The highest BCUT2D eigenvalue weighted by atomic mass is 32.2. The molecule has 0 aliphatic rings. The summed E-state index contributed by atoms with van der Waals surface area (Å²) in [6.45, 7) is 2.37. The number of rotatable bonds is 6. The van der Waals surface area contributed by atoms with Crippen LogP contribution in [0.5, 0.6) is 5.75 Å². The number of nitrogens with zero attached hydrogens (tertiary/aromatic N) is 2. The van der Waals surface area contributed by atoms with Crippen LogP contribution in [0, 0.1) is 6.92 Å². The van der Waals surface area contributed by atoms with E-state index in [1.54, 1.807) is 23.9 Å². The van der Waals surface area contributed by atoms with Crippen LogP contribution in [0.3, 0.4) is 0 Å². The smallest absolute Gasteiger partial charge is 0.255 e. The number of aryl methyl sites for hydroxylation is 1. The summed E-state index contributed by atoms with van der Waals surface area (Å²) in [5, 5.41) is 2.97. The molecule has 0 atom stereocenters. The van der Waals surface area contributed by atoms with Gasteiger partial charge in [0.25, 0.3) is 5.91 Å². The molecule has 29 heavy (non-hydrogen) atoms. The number of anilines is 1. The van der Waals surface area contributed by atoms with E-state index in [2.05, 4.69) is 10.3 Å². The zero-order valence-electron chi connectivity index (χ0n) is 16.3. The van der Waals surface area contributed by atoms with E-state index in [0.717, 1.165) is 27.5 Å². The number of pyridine rings is 1. The molecule has 0 saturated carbocycles. The summed E-state index contributed by atoms with van der Waals surface area (Å²) in [7, 11) is 0. The average Bonchev–Trinajstić information content (AvgIpc) is 3.17. The molecular weight excluding hydrogens is 382 g/mol. The second-order valence-electron chi connectivity index (χ2n) is 6.63. The molecule has 4 aromatic rings. The van der Waals surface area contributed by atoms with Crippen molar-refractivity contribution in [1.82, 2.24) is 9.38 Å². The van der Waals surface area contributed by atoms with Gasteiger partial charge in [0.2, 0.25) is 0 Å². The molecule has 2 aromatic heterocycles. The molecule has 0 spiro atoms. The van der Waals surface area contributed by atoms with Crippen LogP contribution in [-0.4, -0.2) is 21.5 Å². The summed E-state index contributed by atoms with van der Waals surface area (Å²) in [5.41, 5.74) is 4.22. The van der Waals surface area contributed by atoms with E-state index in [1.165, 1.54) is 0 Å². The van der Waals surface area contributed by atoms with Crippen LogP contribution in [0.4, 0.5) is 5.69 Å². The van der Waals surface area contributed by atoms with Crippen molar-refractivity contribution in [2.75, 3.05) is 11.6 Å². The monoisotopic (exact) mass is 403 g/mol. The van der Waals surface area contributed by atoms with Crippen molar-refractivity contribution in [3.05, 3.63) is 89.9 Å². The van der Waals surface area contributed by atoms with Gasteiger partial charge in [0.1, 0.15) is 18.0 Å². The summed E-state index contributed by atoms with van der Waals surface area (Å²) < 4.78 is 7.87. The first-order valence-electron chi connectivity index (χ1n) is 9.24. The number of hydrogen-bond acceptors (Lipinski definition) is 4. The summed E-state index contributed by atoms with van der Waals surface area (Å²) >= 11 is 1.60. The normalized spacial score (nSPS) is 10.8. The predicted molar refractivity (Wildman–Crippen MR) is 117 cm³/mol. The molecule has 6 heteroatoms. The molecule has 0 bridgehead atoms. The van der Waals surface area contributed by atoms with Crippen LogP contribution < -0.4 is 10.1 Å². The van der Waals surface area contributed by atoms with Crippen LogP contribution in [0.15, 0.2) is 78.0 Å². The van der Waals surface area contributed by atoms with Gasteiger partial charge in [0.05, 0.1) is 11.4 Å². The minimum Gasteiger partial charge on any atom is -0.487 e. The Balaban J connectivity index is 1.46. The summed E-state index contributed by atoms with van der Waals surface area (Å²) in [4.78, 5) is 18.3. The Bertz CT molecular complexity index is 1170. The number of amides is 1. The number of ether oxygens (including phenoxy) is 1. The molecule has 4 rings (SSSR count). The standard InChI is InChI=1S/C23H21N3O2S/c1-16-7-6-12-26-14-18(24-22(16)26)15-28-19-9-5-8-17(13-19)23(27)25-20-10-3-4-11-21(20)29-2/h3-14H,15H2,1-2H3,(H,25,27). The molecule has 1 amide bonds. The van der Waals surface area contributed by atoms with Gasteiger partial charge in [0.15, 0.2) is 0 Å². The third kappa shape index (κ3) is 4.27. The molecule has 0 aliphatic heterocycles. The molecular formula is C23H21N3O2S. The fourth-order valence-electron chi connectivity index (χ4n) is 3.10. The number of fused-ring (bicyclic) bond motifs is 1. The molecule has 1 N–H and O–H groups in total. The maximum absolute atomic E-state index is 12.7.